The van der Waals surface area contributed by atoms with E-state index in [1.807, 2.05) is 0 Å². The Hall–Kier alpha value is -2.68. The van der Waals surface area contributed by atoms with E-state index in [-0.39, 0.29) is 24.5 Å². The first-order chi connectivity index (χ1) is 9.93. The first-order valence-electron chi connectivity index (χ1n) is 5.94. The van der Waals surface area contributed by atoms with Crippen LogP contribution in [0.1, 0.15) is 6.42 Å². The minimum Gasteiger partial charge on any atom is -0.484 e. The Balaban J connectivity index is 2.48. The van der Waals surface area contributed by atoms with Gasteiger partial charge in [-0.05, 0) is 12.1 Å². The molecule has 1 rings (SSSR count). The summed E-state index contributed by atoms with van der Waals surface area (Å²) < 4.78 is 5.07. The number of nitro benzene ring substituents is 1. The Labute approximate surface area is 119 Å². The van der Waals surface area contributed by atoms with E-state index in [1.54, 1.807) is 0 Å². The van der Waals surface area contributed by atoms with Gasteiger partial charge in [0.25, 0.3) is 11.6 Å². The van der Waals surface area contributed by atoms with Gasteiger partial charge in [-0.25, -0.2) is 4.79 Å². The quantitative estimate of drug-likeness (QED) is 0.450. The molecule has 0 heterocycles. The molecule has 0 fully saturated rings. The number of nitrogens with zero attached hydrogens (tertiary/aromatic N) is 1. The number of carboxylic acids is 1. The van der Waals surface area contributed by atoms with Crippen LogP contribution in [0.5, 0.6) is 5.75 Å². The first-order valence-corrected chi connectivity index (χ1v) is 5.94. The number of aliphatic hydroxyl groups is 1. The van der Waals surface area contributed by atoms with E-state index in [0.717, 1.165) is 0 Å². The number of carbonyl (C=O) groups excluding carboxylic acids is 1. The summed E-state index contributed by atoms with van der Waals surface area (Å²) in [7, 11) is 0. The van der Waals surface area contributed by atoms with Gasteiger partial charge in [-0.1, -0.05) is 0 Å². The maximum atomic E-state index is 11.5. The van der Waals surface area contributed by atoms with Gasteiger partial charge >= 0.3 is 5.97 Å². The van der Waals surface area contributed by atoms with Crippen molar-refractivity contribution in [2.45, 2.75) is 12.5 Å². The highest BCUT2D eigenvalue weighted by atomic mass is 16.6. The van der Waals surface area contributed by atoms with Gasteiger partial charge < -0.3 is 20.3 Å². The first kappa shape index (κ1) is 16.4. The highest BCUT2D eigenvalue weighted by Crippen LogP contribution is 2.17. The molecule has 114 valence electrons. The van der Waals surface area contributed by atoms with Crippen molar-refractivity contribution in [3.63, 3.8) is 0 Å². The Kier molecular flexibility index (Phi) is 6.08. The maximum absolute atomic E-state index is 11.5. The lowest BCUT2D eigenvalue weighted by Crippen LogP contribution is -2.43. The maximum Gasteiger partial charge on any atom is 0.326 e. The normalized spacial score (nSPS) is 11.5. The Morgan fingerprint density at radius 3 is 2.43 bits per heavy atom. The highest BCUT2D eigenvalue weighted by molar-refractivity contribution is 5.84. The highest BCUT2D eigenvalue weighted by Gasteiger charge is 2.19. The van der Waals surface area contributed by atoms with E-state index in [4.69, 9.17) is 14.9 Å². The van der Waals surface area contributed by atoms with Crippen LogP contribution in [0.15, 0.2) is 24.3 Å². The standard InChI is InChI=1S/C12H14N2O7/c15-6-5-10(12(17)18)13-11(16)7-21-9-3-1-8(2-4-9)14(19)20/h1-4,10,15H,5-7H2,(H,13,16)(H,17,18). The summed E-state index contributed by atoms with van der Waals surface area (Å²) in [6.07, 6.45) is -0.112. The van der Waals surface area contributed by atoms with Crippen molar-refractivity contribution < 1.29 is 29.5 Å². The van der Waals surface area contributed by atoms with Crippen molar-refractivity contribution in [1.29, 1.82) is 0 Å². The zero-order valence-electron chi connectivity index (χ0n) is 10.9. The Bertz CT molecular complexity index is 515. The molecular weight excluding hydrogens is 284 g/mol. The lowest BCUT2D eigenvalue weighted by atomic mass is 10.2. The van der Waals surface area contributed by atoms with Crippen LogP contribution in [-0.4, -0.2) is 46.3 Å². The van der Waals surface area contributed by atoms with Crippen molar-refractivity contribution in [3.8, 4) is 5.75 Å². The predicted molar refractivity (Wildman–Crippen MR) is 69.9 cm³/mol. The summed E-state index contributed by atoms with van der Waals surface area (Å²) in [5.74, 6) is -1.69. The second-order valence-electron chi connectivity index (χ2n) is 4.01. The molecule has 3 N–H and O–H groups in total. The summed E-state index contributed by atoms with van der Waals surface area (Å²) in [5, 5.41) is 30.1. The van der Waals surface area contributed by atoms with Crippen LogP contribution < -0.4 is 10.1 Å². The number of hydrogen-bond donors (Lipinski definition) is 3. The molecule has 0 aliphatic rings. The van der Waals surface area contributed by atoms with E-state index in [2.05, 4.69) is 5.32 Å². The van der Waals surface area contributed by atoms with Crippen LogP contribution in [-0.2, 0) is 9.59 Å². The van der Waals surface area contributed by atoms with E-state index in [9.17, 15) is 19.7 Å². The van der Waals surface area contributed by atoms with Gasteiger partial charge in [-0.3, -0.25) is 14.9 Å². The van der Waals surface area contributed by atoms with Crippen molar-refractivity contribution in [3.05, 3.63) is 34.4 Å². The molecule has 0 saturated carbocycles. The summed E-state index contributed by atoms with van der Waals surface area (Å²) in [6, 6.07) is 3.91. The molecule has 0 aromatic heterocycles. The Morgan fingerprint density at radius 1 is 1.33 bits per heavy atom. The smallest absolute Gasteiger partial charge is 0.326 e. The molecule has 0 saturated heterocycles. The molecule has 0 radical (unpaired) electrons. The van der Waals surface area contributed by atoms with Crippen LogP contribution in [0.25, 0.3) is 0 Å². The number of benzene rings is 1. The summed E-state index contributed by atoms with van der Waals surface area (Å²) >= 11 is 0. The van der Waals surface area contributed by atoms with Crippen LogP contribution in [0.4, 0.5) is 5.69 Å². The van der Waals surface area contributed by atoms with Crippen LogP contribution in [0, 0.1) is 10.1 Å². The third kappa shape index (κ3) is 5.45. The van der Waals surface area contributed by atoms with Gasteiger partial charge in [0.05, 0.1) is 4.92 Å². The average molecular weight is 298 g/mol. The monoisotopic (exact) mass is 298 g/mol. The lowest BCUT2D eigenvalue weighted by molar-refractivity contribution is -0.384. The van der Waals surface area contributed by atoms with E-state index < -0.39 is 29.4 Å². The second kappa shape index (κ2) is 7.80. The zero-order chi connectivity index (χ0) is 15.8. The number of aliphatic carboxylic acids is 1. The number of carboxylic acid groups (broad SMARTS) is 1. The largest absolute Gasteiger partial charge is 0.484 e. The summed E-state index contributed by atoms with van der Waals surface area (Å²) in [6.45, 7) is -0.812. The van der Waals surface area contributed by atoms with Crippen molar-refractivity contribution in [2.24, 2.45) is 0 Å². The second-order valence-corrected chi connectivity index (χ2v) is 4.01. The van der Waals surface area contributed by atoms with Crippen LogP contribution in [0.2, 0.25) is 0 Å². The number of nitrogens with one attached hydrogen (secondary N) is 1. The molecule has 9 heteroatoms. The van der Waals surface area contributed by atoms with E-state index in [1.165, 1.54) is 24.3 Å². The van der Waals surface area contributed by atoms with E-state index >= 15 is 0 Å². The number of amides is 1. The fraction of sp³-hybridized carbons (Fsp3) is 0.333. The third-order valence-electron chi connectivity index (χ3n) is 2.47. The van der Waals surface area contributed by atoms with E-state index in [0.29, 0.717) is 0 Å². The molecule has 1 aromatic carbocycles. The topological polar surface area (TPSA) is 139 Å². The fourth-order valence-electron chi connectivity index (χ4n) is 1.44. The molecule has 0 spiro atoms. The van der Waals surface area contributed by atoms with Gasteiger partial charge in [-0.15, -0.1) is 0 Å². The molecule has 1 aromatic rings. The number of ether oxygens (including phenoxy) is 1. The number of non-ortho nitro benzene ring substituents is 1. The van der Waals surface area contributed by atoms with Crippen LogP contribution >= 0.6 is 0 Å². The number of hydrogen-bond acceptors (Lipinski definition) is 6. The number of aliphatic hydroxyl groups excluding tert-OH is 1. The number of carbonyl (C=O) groups is 2. The SMILES string of the molecule is O=C(COc1ccc([N+](=O)[O-])cc1)NC(CCO)C(=O)O. The van der Waals surface area contributed by atoms with Gasteiger partial charge in [0.2, 0.25) is 0 Å². The van der Waals surface area contributed by atoms with Crippen molar-refractivity contribution >= 4 is 17.6 Å². The number of rotatable bonds is 8. The molecule has 9 nitrogen and oxygen atoms in total. The minimum atomic E-state index is -1.26. The molecule has 0 aliphatic carbocycles. The average Bonchev–Trinajstić information content (AvgIpc) is 2.45. The van der Waals surface area contributed by atoms with Crippen molar-refractivity contribution in [1.82, 2.24) is 5.32 Å². The summed E-state index contributed by atoms with van der Waals surface area (Å²) in [4.78, 5) is 32.1. The third-order valence-corrected chi connectivity index (χ3v) is 2.47. The molecule has 1 unspecified atom stereocenters. The lowest BCUT2D eigenvalue weighted by Gasteiger charge is -2.13. The molecule has 1 atom stereocenters. The van der Waals surface area contributed by atoms with Crippen LogP contribution in [0.3, 0.4) is 0 Å². The minimum absolute atomic E-state index is 0.110. The molecular formula is C12H14N2O7. The molecule has 1 amide bonds. The Morgan fingerprint density at radius 2 is 1.95 bits per heavy atom. The van der Waals surface area contributed by atoms with Gasteiger partial charge in [0.1, 0.15) is 11.8 Å². The predicted octanol–water partition coefficient (Wildman–Crippen LogP) is -0.0746. The zero-order valence-corrected chi connectivity index (χ0v) is 10.9. The van der Waals surface area contributed by atoms with Crippen molar-refractivity contribution in [2.75, 3.05) is 13.2 Å². The number of nitro groups is 1. The molecule has 0 aliphatic heterocycles. The van der Waals surface area contributed by atoms with Gasteiger partial charge in [0.15, 0.2) is 6.61 Å². The summed E-state index contributed by atoms with van der Waals surface area (Å²) in [5.41, 5.74) is -0.110. The van der Waals surface area contributed by atoms with Gasteiger partial charge in [0, 0.05) is 25.2 Å². The molecule has 0 bridgehead atoms. The molecule has 21 heavy (non-hydrogen) atoms. The van der Waals surface area contributed by atoms with Gasteiger partial charge in [-0.2, -0.15) is 0 Å². The fourth-order valence-corrected chi connectivity index (χ4v) is 1.44.